The third-order valence-corrected chi connectivity index (χ3v) is 4.97. The molecule has 3 aromatic carbocycles. The van der Waals surface area contributed by atoms with Crippen LogP contribution < -0.4 is 9.88 Å². The van der Waals surface area contributed by atoms with Crippen LogP contribution in [0.4, 0.5) is 0 Å². The van der Waals surface area contributed by atoms with Gasteiger partial charge in [-0.25, -0.2) is 9.13 Å². The first-order valence-electron chi connectivity index (χ1n) is 9.56. The van der Waals surface area contributed by atoms with Crippen LogP contribution in [0.2, 0.25) is 0 Å². The normalized spacial score (nSPS) is 12.0. The first-order valence-corrected chi connectivity index (χ1v) is 9.56. The van der Waals surface area contributed by atoms with Crippen LogP contribution >= 0.6 is 0 Å². The maximum Gasteiger partial charge on any atom is 0.262 e. The molecule has 140 valence electrons. The van der Waals surface area contributed by atoms with Gasteiger partial charge in [0.15, 0.2) is 17.6 Å². The van der Waals surface area contributed by atoms with Gasteiger partial charge in [0.2, 0.25) is 6.33 Å². The van der Waals surface area contributed by atoms with E-state index in [1.54, 1.807) is 0 Å². The second-order valence-corrected chi connectivity index (χ2v) is 7.05. The van der Waals surface area contributed by atoms with E-state index in [1.165, 1.54) is 5.56 Å². The fourth-order valence-corrected chi connectivity index (χ4v) is 3.54. The third-order valence-electron chi connectivity index (χ3n) is 4.97. The molecule has 0 aliphatic rings. The molecule has 0 saturated heterocycles. The minimum absolute atomic E-state index is 0.00367. The molecule has 0 saturated carbocycles. The van der Waals surface area contributed by atoms with Crippen LogP contribution in [-0.2, 0) is 17.9 Å². The van der Waals surface area contributed by atoms with Crippen molar-refractivity contribution in [2.45, 2.75) is 26.1 Å². The molecule has 0 bridgehead atoms. The predicted octanol–water partition coefficient (Wildman–Crippen LogP) is 3.85. The SMILES string of the molecule is C[C@H](NC(=O)Cn1c[n+](Cc2ccccc2)c2ccccc21)c1ccccc1. The van der Waals surface area contributed by atoms with Gasteiger partial charge < -0.3 is 5.32 Å². The molecule has 4 nitrogen and oxygen atoms in total. The largest absolute Gasteiger partial charge is 0.346 e. The summed E-state index contributed by atoms with van der Waals surface area (Å²) in [7, 11) is 0. The van der Waals surface area contributed by atoms with Crippen LogP contribution in [0.15, 0.2) is 91.3 Å². The van der Waals surface area contributed by atoms with Crippen LogP contribution in [0.5, 0.6) is 0 Å². The summed E-state index contributed by atoms with van der Waals surface area (Å²) in [5, 5.41) is 3.10. The van der Waals surface area contributed by atoms with Gasteiger partial charge in [0.05, 0.1) is 6.04 Å². The highest BCUT2D eigenvalue weighted by molar-refractivity contribution is 5.79. The quantitative estimate of drug-likeness (QED) is 0.514. The average Bonchev–Trinajstić information content (AvgIpc) is 3.06. The molecular formula is C24H24N3O+. The van der Waals surface area contributed by atoms with Crippen LogP contribution in [-0.4, -0.2) is 10.5 Å². The fraction of sp³-hybridized carbons (Fsp3) is 0.167. The smallest absolute Gasteiger partial charge is 0.262 e. The van der Waals surface area contributed by atoms with Gasteiger partial charge in [-0.05, 0) is 30.2 Å². The minimum atomic E-state index is -0.0213. The maximum absolute atomic E-state index is 12.7. The number of hydrogen-bond donors (Lipinski definition) is 1. The Morgan fingerprint density at radius 2 is 1.57 bits per heavy atom. The van der Waals surface area contributed by atoms with E-state index in [2.05, 4.69) is 34.1 Å². The number of amides is 1. The summed E-state index contributed by atoms with van der Waals surface area (Å²) in [6.07, 6.45) is 2.03. The monoisotopic (exact) mass is 370 g/mol. The Labute approximate surface area is 165 Å². The van der Waals surface area contributed by atoms with Crippen LogP contribution in [0.3, 0.4) is 0 Å². The predicted molar refractivity (Wildman–Crippen MR) is 111 cm³/mol. The zero-order valence-electron chi connectivity index (χ0n) is 16.0. The zero-order chi connectivity index (χ0) is 19.3. The standard InChI is InChI=1S/C24H23N3O/c1-19(21-12-6-3-7-13-21)25-24(28)17-27-18-26(16-20-10-4-2-5-11-20)22-14-8-9-15-23(22)27/h2-15,18-19H,16-17H2,1H3/p+1/t19-/m0/s1. The summed E-state index contributed by atoms with van der Waals surface area (Å²) in [6.45, 7) is 3.08. The Bertz CT molecular complexity index is 1070. The highest BCUT2D eigenvalue weighted by Crippen LogP contribution is 2.14. The number of fused-ring (bicyclic) bond motifs is 1. The zero-order valence-corrected chi connectivity index (χ0v) is 16.0. The Morgan fingerprint density at radius 3 is 2.32 bits per heavy atom. The third kappa shape index (κ3) is 3.96. The number of benzene rings is 3. The van der Waals surface area contributed by atoms with Gasteiger partial charge in [-0.3, -0.25) is 4.79 Å². The second kappa shape index (κ2) is 8.09. The molecule has 1 heterocycles. The minimum Gasteiger partial charge on any atom is -0.346 e. The van der Waals surface area contributed by atoms with Crippen LogP contribution in [0.25, 0.3) is 11.0 Å². The van der Waals surface area contributed by atoms with Crippen LogP contribution in [0.1, 0.15) is 24.1 Å². The summed E-state index contributed by atoms with van der Waals surface area (Å²) >= 11 is 0. The number of nitrogens with zero attached hydrogens (tertiary/aromatic N) is 2. The molecule has 0 spiro atoms. The van der Waals surface area contributed by atoms with Crippen molar-refractivity contribution in [1.29, 1.82) is 0 Å². The van der Waals surface area contributed by atoms with Gasteiger partial charge in [-0.2, -0.15) is 0 Å². The molecule has 0 aliphatic carbocycles. The molecule has 4 rings (SSSR count). The van der Waals surface area contributed by atoms with E-state index in [0.29, 0.717) is 6.54 Å². The number of rotatable bonds is 6. The lowest BCUT2D eigenvalue weighted by Gasteiger charge is -2.13. The number of nitrogens with one attached hydrogen (secondary N) is 1. The number of carbonyl (C=O) groups is 1. The van der Waals surface area contributed by atoms with Crippen molar-refractivity contribution in [2.75, 3.05) is 0 Å². The molecule has 1 N–H and O–H groups in total. The summed E-state index contributed by atoms with van der Waals surface area (Å²) in [4.78, 5) is 12.7. The van der Waals surface area contributed by atoms with E-state index in [1.807, 2.05) is 78.5 Å². The highest BCUT2D eigenvalue weighted by atomic mass is 16.2. The van der Waals surface area contributed by atoms with Crippen molar-refractivity contribution in [3.63, 3.8) is 0 Å². The average molecular weight is 370 g/mol. The summed E-state index contributed by atoms with van der Waals surface area (Å²) in [5.41, 5.74) is 4.51. The Kier molecular flexibility index (Phi) is 5.20. The molecule has 28 heavy (non-hydrogen) atoms. The number of para-hydroxylation sites is 2. The lowest BCUT2D eigenvalue weighted by molar-refractivity contribution is -0.663. The van der Waals surface area contributed by atoms with Gasteiger partial charge in [-0.1, -0.05) is 72.8 Å². The lowest BCUT2D eigenvalue weighted by Crippen LogP contribution is -2.34. The summed E-state index contributed by atoms with van der Waals surface area (Å²) < 4.78 is 4.21. The molecule has 0 unspecified atom stereocenters. The maximum atomic E-state index is 12.7. The topological polar surface area (TPSA) is 37.9 Å². The van der Waals surface area contributed by atoms with E-state index in [0.717, 1.165) is 23.1 Å². The summed E-state index contributed by atoms with van der Waals surface area (Å²) in [5.74, 6) is 0.00367. The Morgan fingerprint density at radius 1 is 0.929 bits per heavy atom. The molecule has 1 amide bonds. The molecule has 4 heteroatoms. The number of carbonyl (C=O) groups excluding carboxylic acids is 1. The molecule has 4 aromatic rings. The first-order chi connectivity index (χ1) is 13.7. The van der Waals surface area contributed by atoms with Crippen molar-refractivity contribution in [2.24, 2.45) is 0 Å². The van der Waals surface area contributed by atoms with Gasteiger partial charge >= 0.3 is 0 Å². The fourth-order valence-electron chi connectivity index (χ4n) is 3.54. The van der Waals surface area contributed by atoms with E-state index in [4.69, 9.17) is 0 Å². The van der Waals surface area contributed by atoms with Gasteiger partial charge in [0, 0.05) is 0 Å². The molecule has 1 atom stereocenters. The summed E-state index contributed by atoms with van der Waals surface area (Å²) in [6, 6.07) is 28.6. The van der Waals surface area contributed by atoms with Crippen molar-refractivity contribution in [1.82, 2.24) is 9.88 Å². The van der Waals surface area contributed by atoms with Crippen molar-refractivity contribution < 1.29 is 9.36 Å². The lowest BCUT2D eigenvalue weighted by atomic mass is 10.1. The molecule has 0 fully saturated rings. The van der Waals surface area contributed by atoms with Crippen molar-refractivity contribution in [3.05, 3.63) is 102 Å². The van der Waals surface area contributed by atoms with E-state index in [-0.39, 0.29) is 11.9 Å². The Hall–Kier alpha value is -3.40. The number of hydrogen-bond acceptors (Lipinski definition) is 1. The second-order valence-electron chi connectivity index (χ2n) is 7.05. The number of aromatic nitrogens is 2. The molecule has 0 radical (unpaired) electrons. The van der Waals surface area contributed by atoms with Gasteiger partial charge in [-0.15, -0.1) is 0 Å². The van der Waals surface area contributed by atoms with Crippen molar-refractivity contribution >= 4 is 16.9 Å². The van der Waals surface area contributed by atoms with Gasteiger partial charge in [0.1, 0.15) is 6.54 Å². The van der Waals surface area contributed by atoms with Gasteiger partial charge in [0.25, 0.3) is 5.91 Å². The van der Waals surface area contributed by atoms with E-state index >= 15 is 0 Å². The molecule has 1 aromatic heterocycles. The van der Waals surface area contributed by atoms with Crippen molar-refractivity contribution in [3.8, 4) is 0 Å². The molecular weight excluding hydrogens is 346 g/mol. The number of imidazole rings is 1. The highest BCUT2D eigenvalue weighted by Gasteiger charge is 2.19. The van der Waals surface area contributed by atoms with E-state index in [9.17, 15) is 4.79 Å². The van der Waals surface area contributed by atoms with E-state index < -0.39 is 0 Å². The Balaban J connectivity index is 1.54. The van der Waals surface area contributed by atoms with Crippen LogP contribution in [0, 0.1) is 0 Å². The first kappa shape index (κ1) is 18.0. The molecule has 0 aliphatic heterocycles.